The van der Waals surface area contributed by atoms with Crippen molar-refractivity contribution in [3.05, 3.63) is 22.7 Å². The van der Waals surface area contributed by atoms with Crippen LogP contribution in [0, 0.1) is 0 Å². The highest BCUT2D eigenvalue weighted by molar-refractivity contribution is 6.32. The highest BCUT2D eigenvalue weighted by Gasteiger charge is 2.14. The van der Waals surface area contributed by atoms with Crippen molar-refractivity contribution >= 4 is 11.6 Å². The fourth-order valence-corrected chi connectivity index (χ4v) is 1.99. The topological polar surface area (TPSA) is 68.2 Å². The van der Waals surface area contributed by atoms with Crippen LogP contribution >= 0.6 is 11.6 Å². The molecule has 21 heavy (non-hydrogen) atoms. The minimum atomic E-state index is -0.736. The summed E-state index contributed by atoms with van der Waals surface area (Å²) in [5.41, 5.74) is 0.632. The van der Waals surface area contributed by atoms with Crippen molar-refractivity contribution < 1.29 is 24.4 Å². The Bertz CT molecular complexity index is 425. The van der Waals surface area contributed by atoms with Crippen molar-refractivity contribution in [3.63, 3.8) is 0 Å². The van der Waals surface area contributed by atoms with Crippen LogP contribution in [0.4, 0.5) is 0 Å². The molecule has 0 aromatic heterocycles. The number of aliphatic hydroxyl groups excluding tert-OH is 2. The molecule has 2 N–H and O–H groups in total. The largest absolute Gasteiger partial charge is 0.493 e. The third kappa shape index (κ3) is 6.09. The van der Waals surface area contributed by atoms with E-state index in [1.807, 2.05) is 0 Å². The first-order valence-corrected chi connectivity index (χ1v) is 7.36. The molecule has 5 nitrogen and oxygen atoms in total. The maximum atomic E-state index is 9.79. The Morgan fingerprint density at radius 3 is 2.67 bits per heavy atom. The minimum absolute atomic E-state index is 0.0562. The molecule has 0 radical (unpaired) electrons. The van der Waals surface area contributed by atoms with Crippen LogP contribution < -0.4 is 9.47 Å². The van der Waals surface area contributed by atoms with Gasteiger partial charge < -0.3 is 24.4 Å². The zero-order valence-corrected chi connectivity index (χ0v) is 13.2. The number of halogens is 1. The molecule has 0 saturated heterocycles. The van der Waals surface area contributed by atoms with Crippen molar-refractivity contribution in [2.45, 2.75) is 32.5 Å². The van der Waals surface area contributed by atoms with E-state index in [1.54, 1.807) is 12.1 Å². The van der Waals surface area contributed by atoms with E-state index in [-0.39, 0.29) is 19.8 Å². The first-order valence-electron chi connectivity index (χ1n) is 6.98. The van der Waals surface area contributed by atoms with E-state index in [1.165, 1.54) is 7.11 Å². The lowest BCUT2D eigenvalue weighted by Gasteiger charge is -2.16. The lowest BCUT2D eigenvalue weighted by Crippen LogP contribution is -2.24. The van der Waals surface area contributed by atoms with Crippen LogP contribution in [-0.2, 0) is 11.3 Å². The van der Waals surface area contributed by atoms with Crippen molar-refractivity contribution in [3.8, 4) is 11.5 Å². The van der Waals surface area contributed by atoms with E-state index in [4.69, 9.17) is 30.9 Å². The third-order valence-electron chi connectivity index (χ3n) is 2.84. The normalized spacial score (nSPS) is 12.2. The predicted molar refractivity (Wildman–Crippen MR) is 81.2 cm³/mol. The molecule has 0 bridgehead atoms. The van der Waals surface area contributed by atoms with Gasteiger partial charge in [0.05, 0.1) is 25.3 Å². The zero-order chi connectivity index (χ0) is 15.7. The Balaban J connectivity index is 2.54. The molecule has 6 heteroatoms. The second kappa shape index (κ2) is 9.84. The summed E-state index contributed by atoms with van der Waals surface area (Å²) in [6.45, 7) is 2.84. The van der Waals surface area contributed by atoms with Crippen LogP contribution in [0.2, 0.25) is 5.02 Å². The van der Waals surface area contributed by atoms with Gasteiger partial charge in [0.15, 0.2) is 11.5 Å². The maximum absolute atomic E-state index is 9.79. The van der Waals surface area contributed by atoms with Gasteiger partial charge in [0, 0.05) is 6.61 Å². The molecule has 1 aromatic carbocycles. The first kappa shape index (κ1) is 18.0. The van der Waals surface area contributed by atoms with Crippen molar-refractivity contribution in [1.82, 2.24) is 0 Å². The van der Waals surface area contributed by atoms with Crippen molar-refractivity contribution in [2.24, 2.45) is 0 Å². The summed E-state index contributed by atoms with van der Waals surface area (Å²) in [5, 5.41) is 19.2. The smallest absolute Gasteiger partial charge is 0.179 e. The third-order valence-corrected chi connectivity index (χ3v) is 3.13. The van der Waals surface area contributed by atoms with Crippen LogP contribution in [0.5, 0.6) is 11.5 Å². The Labute approximate surface area is 130 Å². The van der Waals surface area contributed by atoms with Gasteiger partial charge in [-0.25, -0.2) is 0 Å². The van der Waals surface area contributed by atoms with Gasteiger partial charge in [0.1, 0.15) is 12.7 Å². The maximum Gasteiger partial charge on any atom is 0.179 e. The second-order valence-corrected chi connectivity index (χ2v) is 5.07. The molecule has 0 fully saturated rings. The second-order valence-electron chi connectivity index (χ2n) is 4.66. The Kier molecular flexibility index (Phi) is 8.45. The summed E-state index contributed by atoms with van der Waals surface area (Å²) >= 11 is 6.09. The van der Waals surface area contributed by atoms with Crippen LogP contribution in [-0.4, -0.2) is 43.2 Å². The van der Waals surface area contributed by atoms with E-state index in [0.717, 1.165) is 12.8 Å². The SMILES string of the molecule is CCCCOCC(O)COc1c(Cl)cc(CO)cc1OC. The number of methoxy groups -OCH3 is 1. The van der Waals surface area contributed by atoms with E-state index >= 15 is 0 Å². The van der Waals surface area contributed by atoms with Gasteiger partial charge in [-0.15, -0.1) is 0 Å². The number of ether oxygens (including phenoxy) is 3. The number of aliphatic hydroxyl groups is 2. The van der Waals surface area contributed by atoms with Crippen molar-refractivity contribution in [1.29, 1.82) is 0 Å². The number of rotatable bonds is 10. The fourth-order valence-electron chi connectivity index (χ4n) is 1.70. The molecule has 0 spiro atoms. The molecule has 0 aliphatic rings. The van der Waals surface area contributed by atoms with Gasteiger partial charge in [0.25, 0.3) is 0 Å². The molecule has 1 atom stereocenters. The average molecular weight is 319 g/mol. The molecule has 0 aliphatic carbocycles. The molecule has 0 aliphatic heterocycles. The summed E-state index contributed by atoms with van der Waals surface area (Å²) in [5.74, 6) is 0.773. The standard InChI is InChI=1S/C15H23ClO5/c1-3-4-5-20-9-12(18)10-21-15-13(16)6-11(8-17)7-14(15)19-2/h6-7,12,17-18H,3-5,8-10H2,1-2H3. The van der Waals surface area contributed by atoms with Gasteiger partial charge in [-0.05, 0) is 24.1 Å². The quantitative estimate of drug-likeness (QED) is 0.648. The molecule has 1 unspecified atom stereocenters. The number of hydrogen-bond donors (Lipinski definition) is 2. The molecule has 0 amide bonds. The van der Waals surface area contributed by atoms with Gasteiger partial charge >= 0.3 is 0 Å². The highest BCUT2D eigenvalue weighted by atomic mass is 35.5. The zero-order valence-electron chi connectivity index (χ0n) is 12.5. The Hall–Kier alpha value is -1.01. The molecule has 0 saturated carbocycles. The highest BCUT2D eigenvalue weighted by Crippen LogP contribution is 2.36. The van der Waals surface area contributed by atoms with Crippen molar-refractivity contribution in [2.75, 3.05) is 26.9 Å². The van der Waals surface area contributed by atoms with Crippen LogP contribution in [0.25, 0.3) is 0 Å². The summed E-state index contributed by atoms with van der Waals surface area (Å²) in [6.07, 6.45) is 1.28. The van der Waals surface area contributed by atoms with Crippen LogP contribution in [0.3, 0.4) is 0 Å². The summed E-state index contributed by atoms with van der Waals surface area (Å²) < 4.78 is 16.0. The molecule has 120 valence electrons. The first-order chi connectivity index (χ1) is 10.1. The molecule has 1 rings (SSSR count). The lowest BCUT2D eigenvalue weighted by atomic mass is 10.2. The molecule has 1 aromatic rings. The fraction of sp³-hybridized carbons (Fsp3) is 0.600. The summed E-state index contributed by atoms with van der Waals surface area (Å²) in [6, 6.07) is 3.24. The van der Waals surface area contributed by atoms with Crippen LogP contribution in [0.15, 0.2) is 12.1 Å². The average Bonchev–Trinajstić information content (AvgIpc) is 2.49. The predicted octanol–water partition coefficient (Wildman–Crippen LogP) is 2.40. The molecular formula is C15H23ClO5. The van der Waals surface area contributed by atoms with E-state index in [0.29, 0.717) is 28.7 Å². The Morgan fingerprint density at radius 2 is 2.05 bits per heavy atom. The summed E-state index contributed by atoms with van der Waals surface area (Å²) in [7, 11) is 1.49. The van der Waals surface area contributed by atoms with Gasteiger partial charge in [-0.3, -0.25) is 0 Å². The van der Waals surface area contributed by atoms with Crippen LogP contribution in [0.1, 0.15) is 25.3 Å². The van der Waals surface area contributed by atoms with Gasteiger partial charge in [0.2, 0.25) is 0 Å². The molecular weight excluding hydrogens is 296 g/mol. The lowest BCUT2D eigenvalue weighted by molar-refractivity contribution is 0.0109. The number of benzene rings is 1. The van der Waals surface area contributed by atoms with E-state index in [9.17, 15) is 5.11 Å². The number of unbranched alkanes of at least 4 members (excludes halogenated alkanes) is 1. The number of hydrogen-bond acceptors (Lipinski definition) is 5. The minimum Gasteiger partial charge on any atom is -0.493 e. The van der Waals surface area contributed by atoms with Gasteiger partial charge in [-0.2, -0.15) is 0 Å². The Morgan fingerprint density at radius 1 is 1.29 bits per heavy atom. The van der Waals surface area contributed by atoms with E-state index in [2.05, 4.69) is 6.92 Å². The van der Waals surface area contributed by atoms with Gasteiger partial charge in [-0.1, -0.05) is 24.9 Å². The monoisotopic (exact) mass is 318 g/mol. The molecule has 0 heterocycles. The summed E-state index contributed by atoms with van der Waals surface area (Å²) in [4.78, 5) is 0. The van der Waals surface area contributed by atoms with E-state index < -0.39 is 6.10 Å².